The van der Waals surface area contributed by atoms with Gasteiger partial charge < -0.3 is 15.8 Å². The van der Waals surface area contributed by atoms with E-state index in [0.717, 1.165) is 23.8 Å². The SMILES string of the molecule is CCOCc1nc(N)cc(NCCc2nccs2)n1. The largest absolute Gasteiger partial charge is 0.384 e. The first kappa shape index (κ1) is 13.7. The summed E-state index contributed by atoms with van der Waals surface area (Å²) < 4.78 is 5.28. The molecule has 2 heterocycles. The molecule has 0 aromatic carbocycles. The van der Waals surface area contributed by atoms with Crippen LogP contribution in [-0.4, -0.2) is 28.1 Å². The number of nitrogens with zero attached hydrogens (tertiary/aromatic N) is 3. The number of aromatic nitrogens is 3. The minimum absolute atomic E-state index is 0.378. The molecule has 0 amide bonds. The number of hydrogen-bond acceptors (Lipinski definition) is 7. The van der Waals surface area contributed by atoms with Crippen LogP contribution < -0.4 is 11.1 Å². The lowest BCUT2D eigenvalue weighted by Gasteiger charge is -2.07. The van der Waals surface area contributed by atoms with Crippen molar-refractivity contribution in [3.8, 4) is 0 Å². The lowest BCUT2D eigenvalue weighted by molar-refractivity contribution is 0.128. The zero-order valence-corrected chi connectivity index (χ0v) is 11.6. The van der Waals surface area contributed by atoms with E-state index in [9.17, 15) is 0 Å². The quantitative estimate of drug-likeness (QED) is 0.802. The Kier molecular flexibility index (Phi) is 5.05. The maximum absolute atomic E-state index is 5.74. The molecule has 19 heavy (non-hydrogen) atoms. The molecule has 102 valence electrons. The summed E-state index contributed by atoms with van der Waals surface area (Å²) in [5.74, 6) is 1.76. The average molecular weight is 279 g/mol. The summed E-state index contributed by atoms with van der Waals surface area (Å²) in [7, 11) is 0. The summed E-state index contributed by atoms with van der Waals surface area (Å²) >= 11 is 1.65. The van der Waals surface area contributed by atoms with Crippen molar-refractivity contribution >= 4 is 23.0 Å². The van der Waals surface area contributed by atoms with E-state index >= 15 is 0 Å². The van der Waals surface area contributed by atoms with Gasteiger partial charge in [0, 0.05) is 37.2 Å². The molecule has 3 N–H and O–H groups in total. The molecule has 2 aromatic heterocycles. The highest BCUT2D eigenvalue weighted by Crippen LogP contribution is 2.10. The average Bonchev–Trinajstić information content (AvgIpc) is 2.89. The van der Waals surface area contributed by atoms with Crippen LogP contribution in [-0.2, 0) is 17.8 Å². The van der Waals surface area contributed by atoms with Crippen LogP contribution in [0.25, 0.3) is 0 Å². The molecule has 0 spiro atoms. The predicted octanol–water partition coefficient (Wildman–Crippen LogP) is 1.71. The smallest absolute Gasteiger partial charge is 0.158 e. The minimum Gasteiger partial charge on any atom is -0.384 e. The van der Waals surface area contributed by atoms with Crippen LogP contribution in [0.3, 0.4) is 0 Å². The van der Waals surface area contributed by atoms with E-state index in [4.69, 9.17) is 10.5 Å². The third-order valence-corrected chi connectivity index (χ3v) is 3.20. The van der Waals surface area contributed by atoms with Crippen molar-refractivity contribution in [3.63, 3.8) is 0 Å². The third kappa shape index (κ3) is 4.46. The third-order valence-electron chi connectivity index (χ3n) is 2.36. The van der Waals surface area contributed by atoms with Crippen molar-refractivity contribution in [1.29, 1.82) is 0 Å². The van der Waals surface area contributed by atoms with Gasteiger partial charge in [0.05, 0.1) is 5.01 Å². The van der Waals surface area contributed by atoms with Gasteiger partial charge >= 0.3 is 0 Å². The van der Waals surface area contributed by atoms with Gasteiger partial charge in [-0.05, 0) is 6.92 Å². The van der Waals surface area contributed by atoms with E-state index in [1.165, 1.54) is 0 Å². The molecule has 0 radical (unpaired) electrons. The second kappa shape index (κ2) is 7.01. The molecule has 2 aromatic rings. The molecule has 7 heteroatoms. The molecule has 0 saturated carbocycles. The normalized spacial score (nSPS) is 10.6. The van der Waals surface area contributed by atoms with Crippen LogP contribution in [0.1, 0.15) is 17.8 Å². The Hall–Kier alpha value is -1.73. The molecule has 2 rings (SSSR count). The standard InChI is InChI=1S/C12H17N5OS/c1-2-18-8-11-16-9(13)7-10(17-11)14-4-3-12-15-5-6-19-12/h5-7H,2-4,8H2,1H3,(H3,13,14,16,17). The van der Waals surface area contributed by atoms with E-state index in [1.54, 1.807) is 17.4 Å². The Bertz CT molecular complexity index is 503. The molecular formula is C12H17N5OS. The lowest BCUT2D eigenvalue weighted by Crippen LogP contribution is -2.10. The summed E-state index contributed by atoms with van der Waals surface area (Å²) in [6.07, 6.45) is 2.67. The number of hydrogen-bond donors (Lipinski definition) is 2. The van der Waals surface area contributed by atoms with Crippen molar-refractivity contribution in [3.05, 3.63) is 28.5 Å². The minimum atomic E-state index is 0.378. The summed E-state index contributed by atoms with van der Waals surface area (Å²) in [4.78, 5) is 12.7. The molecule has 0 aliphatic rings. The molecule has 0 aliphatic heterocycles. The summed E-state index contributed by atoms with van der Waals surface area (Å²) in [6.45, 7) is 3.70. The fraction of sp³-hybridized carbons (Fsp3) is 0.417. The molecule has 0 bridgehead atoms. The molecule has 6 nitrogen and oxygen atoms in total. The van der Waals surface area contributed by atoms with Gasteiger partial charge in [-0.2, -0.15) is 0 Å². The lowest BCUT2D eigenvalue weighted by atomic mass is 10.4. The highest BCUT2D eigenvalue weighted by molar-refractivity contribution is 7.09. The first-order chi connectivity index (χ1) is 9.28. The van der Waals surface area contributed by atoms with Gasteiger partial charge in [0.15, 0.2) is 5.82 Å². The number of nitrogens with two attached hydrogens (primary N) is 1. The Morgan fingerprint density at radius 2 is 2.32 bits per heavy atom. The second-order valence-electron chi connectivity index (χ2n) is 3.83. The van der Waals surface area contributed by atoms with Gasteiger partial charge in [-0.3, -0.25) is 0 Å². The topological polar surface area (TPSA) is 86.0 Å². The van der Waals surface area contributed by atoms with Crippen LogP contribution in [0.4, 0.5) is 11.6 Å². The number of rotatable bonds is 7. The highest BCUT2D eigenvalue weighted by atomic mass is 32.1. The number of ether oxygens (including phenoxy) is 1. The van der Waals surface area contributed by atoms with Crippen LogP contribution in [0, 0.1) is 0 Å². The Morgan fingerprint density at radius 1 is 1.42 bits per heavy atom. The maximum atomic E-state index is 5.74. The van der Waals surface area contributed by atoms with E-state index in [-0.39, 0.29) is 0 Å². The Labute approximate surface area is 116 Å². The fourth-order valence-electron chi connectivity index (χ4n) is 1.54. The van der Waals surface area contributed by atoms with Gasteiger partial charge in [0.1, 0.15) is 18.2 Å². The van der Waals surface area contributed by atoms with Crippen LogP contribution in [0.15, 0.2) is 17.6 Å². The molecular weight excluding hydrogens is 262 g/mol. The Morgan fingerprint density at radius 3 is 3.05 bits per heavy atom. The van der Waals surface area contributed by atoms with E-state index in [0.29, 0.717) is 24.9 Å². The zero-order chi connectivity index (χ0) is 13.5. The van der Waals surface area contributed by atoms with Crippen molar-refractivity contribution in [1.82, 2.24) is 15.0 Å². The number of nitrogen functional groups attached to an aromatic ring is 1. The van der Waals surface area contributed by atoms with Gasteiger partial charge in [-0.15, -0.1) is 11.3 Å². The van der Waals surface area contributed by atoms with Crippen LogP contribution in [0.2, 0.25) is 0 Å². The zero-order valence-electron chi connectivity index (χ0n) is 10.8. The van der Waals surface area contributed by atoms with Gasteiger partial charge in [0.25, 0.3) is 0 Å². The molecule has 0 saturated heterocycles. The molecule has 0 atom stereocenters. The predicted molar refractivity (Wildman–Crippen MR) is 76.1 cm³/mol. The van der Waals surface area contributed by atoms with Crippen molar-refractivity contribution in [2.45, 2.75) is 20.0 Å². The van der Waals surface area contributed by atoms with E-state index < -0.39 is 0 Å². The van der Waals surface area contributed by atoms with Crippen molar-refractivity contribution < 1.29 is 4.74 Å². The van der Waals surface area contributed by atoms with E-state index in [1.807, 2.05) is 18.5 Å². The maximum Gasteiger partial charge on any atom is 0.158 e. The number of anilines is 2. The summed E-state index contributed by atoms with van der Waals surface area (Å²) in [5, 5.41) is 6.29. The molecule has 0 unspecified atom stereocenters. The first-order valence-electron chi connectivity index (χ1n) is 6.11. The molecule has 0 aliphatic carbocycles. The fourth-order valence-corrected chi connectivity index (χ4v) is 2.16. The molecule has 0 fully saturated rings. The second-order valence-corrected chi connectivity index (χ2v) is 4.81. The highest BCUT2D eigenvalue weighted by Gasteiger charge is 2.03. The number of thiazole rings is 1. The first-order valence-corrected chi connectivity index (χ1v) is 6.99. The summed E-state index contributed by atoms with van der Waals surface area (Å²) in [5.41, 5.74) is 5.74. The van der Waals surface area contributed by atoms with Gasteiger partial charge in [0.2, 0.25) is 0 Å². The van der Waals surface area contributed by atoms with Gasteiger partial charge in [-0.25, -0.2) is 15.0 Å². The van der Waals surface area contributed by atoms with Crippen LogP contribution in [0.5, 0.6) is 0 Å². The monoisotopic (exact) mass is 279 g/mol. The van der Waals surface area contributed by atoms with Crippen molar-refractivity contribution in [2.24, 2.45) is 0 Å². The number of nitrogens with one attached hydrogen (secondary N) is 1. The van der Waals surface area contributed by atoms with Crippen molar-refractivity contribution in [2.75, 3.05) is 24.2 Å². The van der Waals surface area contributed by atoms with Crippen LogP contribution >= 0.6 is 11.3 Å². The summed E-state index contributed by atoms with van der Waals surface area (Å²) in [6, 6.07) is 1.72. The Balaban J connectivity index is 1.90. The van der Waals surface area contributed by atoms with E-state index in [2.05, 4.69) is 20.3 Å². The van der Waals surface area contributed by atoms with Gasteiger partial charge in [-0.1, -0.05) is 0 Å².